The molecule has 9 heavy (non-hydrogen) atoms. The summed E-state index contributed by atoms with van der Waals surface area (Å²) >= 11 is 0. The van der Waals surface area contributed by atoms with Gasteiger partial charge < -0.3 is 9.62 Å². The number of furan rings is 1. The smallest absolute Gasteiger partial charge is 0.239 e. The summed E-state index contributed by atoms with van der Waals surface area (Å²) in [5.74, 6) is 0. The molecular formula is C6H5NO2. The lowest BCUT2D eigenvalue weighted by atomic mass is 10.4. The van der Waals surface area contributed by atoms with Crippen LogP contribution >= 0.6 is 0 Å². The molecule has 0 aliphatic rings. The molecule has 0 saturated carbocycles. The molecule has 2 rings (SSSR count). The SMILES string of the molecule is On1ccc2ccoc21. The van der Waals surface area contributed by atoms with Crippen molar-refractivity contribution in [3.63, 3.8) is 0 Å². The van der Waals surface area contributed by atoms with Gasteiger partial charge in [0.2, 0.25) is 5.71 Å². The van der Waals surface area contributed by atoms with Gasteiger partial charge in [0.1, 0.15) is 0 Å². The number of aromatic nitrogens is 1. The van der Waals surface area contributed by atoms with Crippen LogP contribution in [0, 0.1) is 0 Å². The second kappa shape index (κ2) is 1.31. The molecule has 0 radical (unpaired) electrons. The molecular weight excluding hydrogens is 118 g/mol. The second-order valence-corrected chi connectivity index (χ2v) is 1.84. The summed E-state index contributed by atoms with van der Waals surface area (Å²) < 4.78 is 5.86. The van der Waals surface area contributed by atoms with Gasteiger partial charge in [-0.2, -0.15) is 4.73 Å². The van der Waals surface area contributed by atoms with Crippen molar-refractivity contribution in [2.45, 2.75) is 0 Å². The fourth-order valence-corrected chi connectivity index (χ4v) is 0.843. The van der Waals surface area contributed by atoms with Gasteiger partial charge in [-0.25, -0.2) is 0 Å². The maximum atomic E-state index is 8.92. The maximum Gasteiger partial charge on any atom is 0.239 e. The first-order chi connectivity index (χ1) is 4.38. The van der Waals surface area contributed by atoms with Crippen LogP contribution in [0.4, 0.5) is 0 Å². The summed E-state index contributed by atoms with van der Waals surface area (Å²) in [6.07, 6.45) is 3.07. The Morgan fingerprint density at radius 3 is 3.11 bits per heavy atom. The number of hydrogen-bond acceptors (Lipinski definition) is 2. The molecule has 46 valence electrons. The summed E-state index contributed by atoms with van der Waals surface area (Å²) in [5.41, 5.74) is 0.495. The van der Waals surface area contributed by atoms with E-state index in [4.69, 9.17) is 9.62 Å². The molecule has 3 heteroatoms. The fourth-order valence-electron chi connectivity index (χ4n) is 0.843. The van der Waals surface area contributed by atoms with Crippen LogP contribution in [-0.4, -0.2) is 9.94 Å². The van der Waals surface area contributed by atoms with Crippen molar-refractivity contribution in [3.8, 4) is 0 Å². The van der Waals surface area contributed by atoms with Crippen LogP contribution in [-0.2, 0) is 0 Å². The fraction of sp³-hybridized carbons (Fsp3) is 0. The van der Waals surface area contributed by atoms with Crippen molar-refractivity contribution in [3.05, 3.63) is 24.6 Å². The Morgan fingerprint density at radius 1 is 1.44 bits per heavy atom. The molecule has 0 atom stereocenters. The molecule has 3 nitrogen and oxygen atoms in total. The van der Waals surface area contributed by atoms with Crippen LogP contribution in [0.3, 0.4) is 0 Å². The topological polar surface area (TPSA) is 38.3 Å². The largest absolute Gasteiger partial charge is 0.445 e. The molecule has 0 amide bonds. The van der Waals surface area contributed by atoms with E-state index < -0.39 is 0 Å². The quantitative estimate of drug-likeness (QED) is 0.538. The summed E-state index contributed by atoms with van der Waals surface area (Å²) in [4.78, 5) is 0. The van der Waals surface area contributed by atoms with E-state index in [1.807, 2.05) is 0 Å². The molecule has 0 fully saturated rings. The lowest BCUT2D eigenvalue weighted by molar-refractivity contribution is 0.188. The highest BCUT2D eigenvalue weighted by atomic mass is 16.5. The number of hydrogen-bond donors (Lipinski definition) is 1. The van der Waals surface area contributed by atoms with Gasteiger partial charge >= 0.3 is 0 Å². The predicted octanol–water partition coefficient (Wildman–Crippen LogP) is 1.47. The van der Waals surface area contributed by atoms with E-state index in [1.165, 1.54) is 12.5 Å². The average molecular weight is 123 g/mol. The molecule has 1 N–H and O–H groups in total. The lowest BCUT2D eigenvalue weighted by Crippen LogP contribution is -1.82. The van der Waals surface area contributed by atoms with Crippen molar-refractivity contribution in [2.24, 2.45) is 0 Å². The highest BCUT2D eigenvalue weighted by Crippen LogP contribution is 2.13. The van der Waals surface area contributed by atoms with Crippen LogP contribution in [0.5, 0.6) is 0 Å². The van der Waals surface area contributed by atoms with E-state index in [0.717, 1.165) is 10.1 Å². The Morgan fingerprint density at radius 2 is 2.33 bits per heavy atom. The molecule has 2 aromatic heterocycles. The molecule has 0 spiro atoms. The van der Waals surface area contributed by atoms with Gasteiger partial charge in [-0.05, 0) is 12.1 Å². The van der Waals surface area contributed by atoms with Gasteiger partial charge in [-0.1, -0.05) is 0 Å². The van der Waals surface area contributed by atoms with E-state index in [1.54, 1.807) is 12.1 Å². The van der Waals surface area contributed by atoms with Crippen LogP contribution in [0.25, 0.3) is 11.1 Å². The van der Waals surface area contributed by atoms with Crippen molar-refractivity contribution < 1.29 is 9.62 Å². The third-order valence-corrected chi connectivity index (χ3v) is 1.28. The lowest BCUT2D eigenvalue weighted by Gasteiger charge is -1.84. The summed E-state index contributed by atoms with van der Waals surface area (Å²) in [6.45, 7) is 0. The van der Waals surface area contributed by atoms with Crippen molar-refractivity contribution >= 4 is 11.1 Å². The minimum Gasteiger partial charge on any atom is -0.445 e. The van der Waals surface area contributed by atoms with Gasteiger partial charge in [0.05, 0.1) is 6.26 Å². The predicted molar refractivity (Wildman–Crippen MR) is 31.4 cm³/mol. The maximum absolute atomic E-state index is 8.92. The molecule has 2 aromatic rings. The van der Waals surface area contributed by atoms with Gasteiger partial charge in [0.15, 0.2) is 0 Å². The summed E-state index contributed by atoms with van der Waals surface area (Å²) in [7, 11) is 0. The van der Waals surface area contributed by atoms with Gasteiger partial charge in [0, 0.05) is 11.6 Å². The zero-order valence-corrected chi connectivity index (χ0v) is 4.61. The van der Waals surface area contributed by atoms with E-state index in [2.05, 4.69) is 0 Å². The average Bonchev–Trinajstić information content (AvgIpc) is 2.35. The summed E-state index contributed by atoms with van der Waals surface area (Å²) in [6, 6.07) is 3.57. The normalized spacial score (nSPS) is 10.7. The molecule has 0 aliphatic carbocycles. The first kappa shape index (κ1) is 4.49. The van der Waals surface area contributed by atoms with Gasteiger partial charge in [-0.15, -0.1) is 0 Å². The van der Waals surface area contributed by atoms with Crippen LogP contribution in [0.15, 0.2) is 29.0 Å². The molecule has 0 aromatic carbocycles. The Labute approximate surface area is 51.1 Å². The zero-order chi connectivity index (χ0) is 6.27. The van der Waals surface area contributed by atoms with E-state index >= 15 is 0 Å². The van der Waals surface area contributed by atoms with Crippen LogP contribution < -0.4 is 0 Å². The van der Waals surface area contributed by atoms with Crippen LogP contribution in [0.2, 0.25) is 0 Å². The Bertz CT molecular complexity index is 320. The summed E-state index contributed by atoms with van der Waals surface area (Å²) in [5, 5.41) is 9.84. The molecule has 2 heterocycles. The van der Waals surface area contributed by atoms with Crippen LogP contribution in [0.1, 0.15) is 0 Å². The molecule has 0 saturated heterocycles. The highest BCUT2D eigenvalue weighted by Gasteiger charge is 1.99. The number of fused-ring (bicyclic) bond motifs is 1. The minimum atomic E-state index is 0.495. The van der Waals surface area contributed by atoms with Gasteiger partial charge in [0.25, 0.3) is 0 Å². The zero-order valence-electron chi connectivity index (χ0n) is 4.61. The third-order valence-electron chi connectivity index (χ3n) is 1.28. The van der Waals surface area contributed by atoms with E-state index in [9.17, 15) is 0 Å². The number of rotatable bonds is 0. The Kier molecular flexibility index (Phi) is 0.656. The molecule has 0 aliphatic heterocycles. The standard InChI is InChI=1S/C6H5NO2/c8-7-3-1-5-2-4-9-6(5)7/h1-4,8H. The van der Waals surface area contributed by atoms with Crippen molar-refractivity contribution in [1.82, 2.24) is 4.73 Å². The van der Waals surface area contributed by atoms with E-state index in [-0.39, 0.29) is 0 Å². The third kappa shape index (κ3) is 0.455. The van der Waals surface area contributed by atoms with Crippen molar-refractivity contribution in [2.75, 3.05) is 0 Å². The number of nitrogens with zero attached hydrogens (tertiary/aromatic N) is 1. The Hall–Kier alpha value is -1.38. The van der Waals surface area contributed by atoms with Crippen molar-refractivity contribution in [1.29, 1.82) is 0 Å². The Balaban J connectivity index is 2.99. The van der Waals surface area contributed by atoms with E-state index in [0.29, 0.717) is 5.71 Å². The monoisotopic (exact) mass is 123 g/mol. The first-order valence-corrected chi connectivity index (χ1v) is 2.62. The first-order valence-electron chi connectivity index (χ1n) is 2.62. The minimum absolute atomic E-state index is 0.495. The second-order valence-electron chi connectivity index (χ2n) is 1.84. The molecule has 0 unspecified atom stereocenters. The molecule has 0 bridgehead atoms. The highest BCUT2D eigenvalue weighted by molar-refractivity contribution is 5.73. The van der Waals surface area contributed by atoms with Gasteiger partial charge in [-0.3, -0.25) is 0 Å².